The van der Waals surface area contributed by atoms with Gasteiger partial charge in [-0.2, -0.15) is 21.4 Å². The molecular weight excluding hydrogens is 475 g/mol. The number of allylic oxidation sites excluding steroid dienone is 1. The van der Waals surface area contributed by atoms with Gasteiger partial charge in [0.05, 0.1) is 16.1 Å². The Hall–Kier alpha value is -1.53. The molecule has 1 aliphatic heterocycles. The van der Waals surface area contributed by atoms with E-state index in [1.54, 1.807) is 12.3 Å². The number of nitrogens with zero attached hydrogens (tertiary/aromatic N) is 1. The largest absolute Gasteiger partial charge is 1.00 e. The number of para-hydroxylation sites is 1. The summed E-state index contributed by atoms with van der Waals surface area (Å²) >= 11 is 0. The Morgan fingerprint density at radius 3 is 2.30 bits per heavy atom. The van der Waals surface area contributed by atoms with Crippen LogP contribution in [-0.4, -0.2) is 48.5 Å². The number of fused-ring (bicyclic) bond motifs is 1. The minimum absolute atomic E-state index is 0. The van der Waals surface area contributed by atoms with E-state index in [9.17, 15) is 25.9 Å². The van der Waals surface area contributed by atoms with Crippen molar-refractivity contribution in [3.63, 3.8) is 0 Å². The first-order chi connectivity index (χ1) is 15.0. The van der Waals surface area contributed by atoms with Gasteiger partial charge in [0.2, 0.25) is 5.69 Å². The van der Waals surface area contributed by atoms with Crippen LogP contribution >= 0.6 is 0 Å². The summed E-state index contributed by atoms with van der Waals surface area (Å²) in [6.07, 6.45) is 4.18. The molecule has 0 saturated carbocycles. The molecule has 0 amide bonds. The predicted molar refractivity (Wildman–Crippen MR) is 124 cm³/mol. The molecule has 3 N–H and O–H groups in total. The van der Waals surface area contributed by atoms with Crippen molar-refractivity contribution in [1.82, 2.24) is 0 Å². The van der Waals surface area contributed by atoms with Crippen LogP contribution in [0.4, 0.5) is 11.4 Å². The van der Waals surface area contributed by atoms with E-state index in [1.165, 1.54) is 12.1 Å². The second-order valence-electron chi connectivity index (χ2n) is 7.85. The van der Waals surface area contributed by atoms with Crippen LogP contribution in [0.15, 0.2) is 65.7 Å². The second-order valence-corrected chi connectivity index (χ2v) is 10.8. The summed E-state index contributed by atoms with van der Waals surface area (Å²) in [5.74, 6) is -0.401. The van der Waals surface area contributed by atoms with Gasteiger partial charge in [-0.1, -0.05) is 18.2 Å². The first kappa shape index (κ1) is 27.7. The van der Waals surface area contributed by atoms with Crippen molar-refractivity contribution < 1.29 is 60.1 Å². The number of rotatable bonds is 9. The van der Waals surface area contributed by atoms with Gasteiger partial charge in [-0.3, -0.25) is 9.11 Å². The van der Waals surface area contributed by atoms with Gasteiger partial charge in [-0.05, 0) is 51.0 Å². The van der Waals surface area contributed by atoms with E-state index >= 15 is 0 Å². The van der Waals surface area contributed by atoms with Crippen molar-refractivity contribution in [1.29, 1.82) is 0 Å². The monoisotopic (exact) mass is 502 g/mol. The molecule has 1 atom stereocenters. The molecule has 2 aromatic rings. The fourth-order valence-electron chi connectivity index (χ4n) is 4.16. The molecule has 1 aliphatic rings. The van der Waals surface area contributed by atoms with E-state index in [0.717, 1.165) is 17.1 Å². The quantitative estimate of drug-likeness (QED) is 0.261. The minimum Gasteiger partial charge on any atom is -0.361 e. The first-order valence-electron chi connectivity index (χ1n) is 10.2. The van der Waals surface area contributed by atoms with E-state index in [4.69, 9.17) is 0 Å². The maximum absolute atomic E-state index is 11.7. The van der Waals surface area contributed by atoms with Crippen LogP contribution < -0.4 is 34.9 Å². The third kappa shape index (κ3) is 6.54. The first-order valence-corrected chi connectivity index (χ1v) is 13.2. The van der Waals surface area contributed by atoms with E-state index in [1.807, 2.05) is 54.8 Å². The van der Waals surface area contributed by atoms with Gasteiger partial charge in [-0.15, -0.1) is 0 Å². The summed E-state index contributed by atoms with van der Waals surface area (Å²) in [5.41, 5.74) is 2.45. The summed E-state index contributed by atoms with van der Waals surface area (Å²) < 4.78 is 66.8. The van der Waals surface area contributed by atoms with Crippen LogP contribution in [-0.2, 0) is 25.7 Å². The molecule has 0 aromatic heterocycles. The van der Waals surface area contributed by atoms with Crippen LogP contribution in [0.25, 0.3) is 0 Å². The van der Waals surface area contributed by atoms with Gasteiger partial charge in [0.1, 0.15) is 6.54 Å². The molecular formula is C22H27N2NaO6S2+2. The summed E-state index contributed by atoms with van der Waals surface area (Å²) in [6, 6.07) is 14.0. The predicted octanol–water partition coefficient (Wildman–Crippen LogP) is 0.607. The van der Waals surface area contributed by atoms with Crippen molar-refractivity contribution in [2.75, 3.05) is 17.6 Å². The molecule has 0 radical (unpaired) electrons. The fourth-order valence-corrected chi connectivity index (χ4v) is 5.17. The van der Waals surface area contributed by atoms with Gasteiger partial charge < -0.3 is 5.32 Å². The molecule has 0 bridgehead atoms. The molecule has 0 fully saturated rings. The molecule has 0 saturated heterocycles. The Balaban J connectivity index is 0.00000385. The smallest absolute Gasteiger partial charge is 0.361 e. The normalized spacial score (nSPS) is 18.3. The summed E-state index contributed by atoms with van der Waals surface area (Å²) in [6.45, 7) is 4.46. The Kier molecular flexibility index (Phi) is 9.08. The maximum atomic E-state index is 11.7. The van der Waals surface area contributed by atoms with Gasteiger partial charge >= 0.3 is 29.6 Å². The Morgan fingerprint density at radius 1 is 1.06 bits per heavy atom. The van der Waals surface area contributed by atoms with Crippen molar-refractivity contribution in [3.05, 3.63) is 66.4 Å². The van der Waals surface area contributed by atoms with Gasteiger partial charge in [0, 0.05) is 29.6 Å². The average molecular weight is 503 g/mol. The van der Waals surface area contributed by atoms with E-state index < -0.39 is 31.4 Å². The number of hydrogen-bond acceptors (Lipinski definition) is 5. The third-order valence-corrected chi connectivity index (χ3v) is 7.32. The summed E-state index contributed by atoms with van der Waals surface area (Å²) in [7, 11) is -8.54. The van der Waals surface area contributed by atoms with Crippen molar-refractivity contribution in [3.8, 4) is 0 Å². The van der Waals surface area contributed by atoms with Crippen LogP contribution in [0.2, 0.25) is 0 Å². The molecule has 33 heavy (non-hydrogen) atoms. The zero-order valence-electron chi connectivity index (χ0n) is 18.9. The topological polar surface area (TPSA) is 124 Å². The SMILES string of the molecule is CC[N+]1=C(C=CNc2ccccc2)C(C)(CCCS(=O)(=O)O)c2cc(S(=O)(=O)O)ccc21.[Na+]. The van der Waals surface area contributed by atoms with Crippen molar-refractivity contribution in [2.24, 2.45) is 0 Å². The van der Waals surface area contributed by atoms with Crippen LogP contribution in [0.5, 0.6) is 0 Å². The molecule has 0 spiro atoms. The second kappa shape index (κ2) is 10.8. The Morgan fingerprint density at radius 2 is 1.73 bits per heavy atom. The van der Waals surface area contributed by atoms with Crippen molar-refractivity contribution >= 4 is 37.3 Å². The van der Waals surface area contributed by atoms with Crippen LogP contribution in [0.1, 0.15) is 32.3 Å². The molecule has 172 valence electrons. The molecule has 2 aromatic carbocycles. The standard InChI is InChI=1S/C22H26N2O6S2.Na/c1-3-24-20-11-10-18(32(28,29)30)16-19(20)22(2,13-7-15-31(25,26)27)21(24)12-14-23-17-8-5-4-6-9-17;/h4-6,8-12,14,16H,3,7,13,15H2,1-2H3,(H2,25,26,27,28,29,30);/q;+1/p+1. The van der Waals surface area contributed by atoms with Crippen molar-refractivity contribution in [2.45, 2.75) is 37.0 Å². The molecule has 1 heterocycles. The van der Waals surface area contributed by atoms with Crippen LogP contribution in [0, 0.1) is 0 Å². The molecule has 3 rings (SSSR count). The summed E-state index contributed by atoms with van der Waals surface area (Å²) in [4.78, 5) is -0.221. The number of benzene rings is 2. The Bertz CT molecular complexity index is 1280. The molecule has 1 unspecified atom stereocenters. The third-order valence-electron chi connectivity index (χ3n) is 5.67. The molecule has 11 heteroatoms. The maximum Gasteiger partial charge on any atom is 1.00 e. The number of nitrogens with one attached hydrogen (secondary N) is 1. The fraction of sp³-hybridized carbons (Fsp3) is 0.318. The van der Waals surface area contributed by atoms with E-state index in [-0.39, 0.29) is 40.9 Å². The van der Waals surface area contributed by atoms with Gasteiger partial charge in [0.25, 0.3) is 20.2 Å². The summed E-state index contributed by atoms with van der Waals surface area (Å²) in [5, 5.41) is 3.20. The minimum atomic E-state index is -4.41. The number of hydrogen-bond donors (Lipinski definition) is 3. The zero-order chi connectivity index (χ0) is 23.6. The zero-order valence-corrected chi connectivity index (χ0v) is 22.5. The van der Waals surface area contributed by atoms with Gasteiger partial charge in [0.15, 0.2) is 5.71 Å². The van der Waals surface area contributed by atoms with Gasteiger partial charge in [-0.25, -0.2) is 0 Å². The van der Waals surface area contributed by atoms with E-state index in [0.29, 0.717) is 18.5 Å². The van der Waals surface area contributed by atoms with E-state index in [2.05, 4.69) is 5.32 Å². The Labute approximate surface area is 217 Å². The number of anilines is 1. The van der Waals surface area contributed by atoms with Crippen LogP contribution in [0.3, 0.4) is 0 Å². The molecule has 8 nitrogen and oxygen atoms in total. The average Bonchev–Trinajstić information content (AvgIpc) is 2.95. The molecule has 0 aliphatic carbocycles.